The molecule has 0 bridgehead atoms. The summed E-state index contributed by atoms with van der Waals surface area (Å²) >= 11 is 0. The maximum absolute atomic E-state index is 13.6. The van der Waals surface area contributed by atoms with Gasteiger partial charge >= 0.3 is 11.7 Å². The van der Waals surface area contributed by atoms with Crippen molar-refractivity contribution in [2.24, 2.45) is 0 Å². The Kier molecular flexibility index (Phi) is 5.06. The van der Waals surface area contributed by atoms with Gasteiger partial charge in [0.2, 0.25) is 0 Å². The molecule has 1 aromatic heterocycles. The van der Waals surface area contributed by atoms with Crippen molar-refractivity contribution < 1.29 is 9.90 Å². The Bertz CT molecular complexity index is 1450. The van der Waals surface area contributed by atoms with Crippen LogP contribution in [0, 0.1) is 0 Å². The van der Waals surface area contributed by atoms with Crippen LogP contribution >= 0.6 is 0 Å². The molecular formula is C28H29N3O3. The second-order valence-electron chi connectivity index (χ2n) is 9.62. The lowest BCUT2D eigenvalue weighted by molar-refractivity contribution is -0.141. The van der Waals surface area contributed by atoms with E-state index in [0.29, 0.717) is 18.0 Å². The fourth-order valence-electron chi connectivity index (χ4n) is 6.31. The van der Waals surface area contributed by atoms with Crippen LogP contribution in [0.4, 0.5) is 0 Å². The average Bonchev–Trinajstić information content (AvgIpc) is 3.37. The van der Waals surface area contributed by atoms with E-state index in [0.717, 1.165) is 37.9 Å². The number of benzene rings is 3. The summed E-state index contributed by atoms with van der Waals surface area (Å²) in [7, 11) is 0. The van der Waals surface area contributed by atoms with Crippen molar-refractivity contribution >= 4 is 27.8 Å². The van der Waals surface area contributed by atoms with Gasteiger partial charge < -0.3 is 5.11 Å². The molecule has 34 heavy (non-hydrogen) atoms. The van der Waals surface area contributed by atoms with Gasteiger partial charge in [0.15, 0.2) is 0 Å². The van der Waals surface area contributed by atoms with Gasteiger partial charge in [0, 0.05) is 25.2 Å². The first-order chi connectivity index (χ1) is 16.6. The van der Waals surface area contributed by atoms with Gasteiger partial charge in [-0.3, -0.25) is 14.0 Å². The molecule has 174 valence electrons. The Morgan fingerprint density at radius 2 is 1.71 bits per heavy atom. The van der Waals surface area contributed by atoms with Crippen LogP contribution in [0.5, 0.6) is 0 Å². The number of likely N-dealkylation sites (tertiary alicyclic amines) is 1. The molecule has 4 aromatic rings. The Morgan fingerprint density at radius 3 is 2.41 bits per heavy atom. The molecule has 0 radical (unpaired) electrons. The second-order valence-corrected chi connectivity index (χ2v) is 9.62. The Balaban J connectivity index is 1.30. The van der Waals surface area contributed by atoms with E-state index in [4.69, 9.17) is 0 Å². The highest BCUT2D eigenvalue weighted by atomic mass is 16.4. The summed E-state index contributed by atoms with van der Waals surface area (Å²) in [5, 5.41) is 12.5. The van der Waals surface area contributed by atoms with Crippen LogP contribution in [0.15, 0.2) is 65.5 Å². The van der Waals surface area contributed by atoms with Crippen LogP contribution in [0.1, 0.15) is 55.4 Å². The van der Waals surface area contributed by atoms with Crippen molar-refractivity contribution in [2.45, 2.75) is 50.7 Å². The predicted molar refractivity (Wildman–Crippen MR) is 133 cm³/mol. The number of rotatable bonds is 5. The number of hydrogen-bond donors (Lipinski definition) is 1. The number of hydrogen-bond acceptors (Lipinski definition) is 3. The van der Waals surface area contributed by atoms with Crippen molar-refractivity contribution in [1.82, 2.24) is 14.0 Å². The van der Waals surface area contributed by atoms with E-state index in [1.54, 1.807) is 0 Å². The number of carboxylic acid groups (broad SMARTS) is 1. The average molecular weight is 456 g/mol. The molecule has 1 aliphatic carbocycles. The molecule has 0 amide bonds. The quantitative estimate of drug-likeness (QED) is 0.464. The first kappa shape index (κ1) is 21.2. The third-order valence-corrected chi connectivity index (χ3v) is 7.90. The third kappa shape index (κ3) is 3.12. The molecule has 3 aromatic carbocycles. The summed E-state index contributed by atoms with van der Waals surface area (Å²) in [5.41, 5.74) is 4.20. The maximum Gasteiger partial charge on any atom is 0.330 e. The van der Waals surface area contributed by atoms with E-state index in [-0.39, 0.29) is 11.7 Å². The Morgan fingerprint density at radius 1 is 1.00 bits per heavy atom. The molecular weight excluding hydrogens is 426 g/mol. The summed E-state index contributed by atoms with van der Waals surface area (Å²) in [4.78, 5) is 28.0. The lowest BCUT2D eigenvalue weighted by Gasteiger charge is -2.37. The van der Waals surface area contributed by atoms with E-state index in [2.05, 4.69) is 41.3 Å². The topological polar surface area (TPSA) is 67.5 Å². The first-order valence-electron chi connectivity index (χ1n) is 12.3. The number of carbonyl (C=O) groups is 1. The van der Waals surface area contributed by atoms with Gasteiger partial charge in [-0.25, -0.2) is 9.59 Å². The molecule has 2 aliphatic rings. The minimum absolute atomic E-state index is 0.0702. The van der Waals surface area contributed by atoms with Crippen molar-refractivity contribution in [3.63, 3.8) is 0 Å². The van der Waals surface area contributed by atoms with Crippen molar-refractivity contribution in [1.29, 1.82) is 0 Å². The van der Waals surface area contributed by atoms with Gasteiger partial charge in [0.1, 0.15) is 6.04 Å². The van der Waals surface area contributed by atoms with E-state index in [1.165, 1.54) is 26.5 Å². The van der Waals surface area contributed by atoms with Gasteiger partial charge in [-0.1, -0.05) is 55.5 Å². The van der Waals surface area contributed by atoms with Gasteiger partial charge in [0.25, 0.3) is 0 Å². The highest BCUT2D eigenvalue weighted by Gasteiger charge is 2.34. The summed E-state index contributed by atoms with van der Waals surface area (Å²) in [6.07, 6.45) is 3.16. The molecule has 6 heteroatoms. The molecule has 1 fully saturated rings. The van der Waals surface area contributed by atoms with Crippen LogP contribution in [0.25, 0.3) is 21.8 Å². The minimum atomic E-state index is -0.961. The fraction of sp³-hybridized carbons (Fsp3) is 0.357. The molecule has 6 rings (SSSR count). The Hall–Kier alpha value is -3.38. The number of aliphatic carboxylic acids is 1. The van der Waals surface area contributed by atoms with Crippen molar-refractivity contribution in [3.8, 4) is 0 Å². The summed E-state index contributed by atoms with van der Waals surface area (Å²) < 4.78 is 3.35. The Labute approximate surface area is 198 Å². The molecule has 6 nitrogen and oxygen atoms in total. The van der Waals surface area contributed by atoms with Gasteiger partial charge in [0.05, 0.1) is 11.0 Å². The number of aromatic nitrogens is 2. The van der Waals surface area contributed by atoms with Crippen molar-refractivity contribution in [3.05, 3.63) is 82.3 Å². The van der Waals surface area contributed by atoms with Gasteiger partial charge in [-0.05, 0) is 59.7 Å². The highest BCUT2D eigenvalue weighted by Crippen LogP contribution is 2.42. The van der Waals surface area contributed by atoms with Crippen LogP contribution in [0.2, 0.25) is 0 Å². The fourth-order valence-corrected chi connectivity index (χ4v) is 6.31. The lowest BCUT2D eigenvalue weighted by atomic mass is 9.99. The summed E-state index contributed by atoms with van der Waals surface area (Å²) in [6.45, 7) is 3.65. The highest BCUT2D eigenvalue weighted by molar-refractivity contribution is 5.91. The predicted octanol–water partition coefficient (Wildman–Crippen LogP) is 4.93. The van der Waals surface area contributed by atoms with E-state index < -0.39 is 12.0 Å². The summed E-state index contributed by atoms with van der Waals surface area (Å²) in [6, 6.07) is 20.4. The molecule has 2 heterocycles. The van der Waals surface area contributed by atoms with Gasteiger partial charge in [-0.2, -0.15) is 0 Å². The minimum Gasteiger partial charge on any atom is -0.480 e. The number of imidazole rings is 1. The molecule has 0 saturated carbocycles. The van der Waals surface area contributed by atoms with E-state index in [1.807, 2.05) is 35.8 Å². The molecule has 1 aliphatic heterocycles. The first-order valence-corrected chi connectivity index (χ1v) is 12.3. The van der Waals surface area contributed by atoms with Crippen LogP contribution in [-0.2, 0) is 11.2 Å². The second kappa shape index (κ2) is 8.13. The largest absolute Gasteiger partial charge is 0.480 e. The molecule has 1 unspecified atom stereocenters. The zero-order chi connectivity index (χ0) is 23.4. The molecule has 1 saturated heterocycles. The van der Waals surface area contributed by atoms with Crippen molar-refractivity contribution in [2.75, 3.05) is 13.1 Å². The normalized spacial score (nSPS) is 19.7. The standard InChI is InChI=1S/C28H29N3O3/c1-2-22(27(32)33)31-24-12-4-3-11-23(24)30(28(31)34)20-13-15-29(16-14-20)25-17-19-9-5-7-18-8-6-10-21(25)26(18)19/h3-12,20,22,25H,2,13-17H2,1H3,(H,32,33)/t22-,25?/m0/s1. The lowest BCUT2D eigenvalue weighted by Crippen LogP contribution is -2.40. The zero-order valence-electron chi connectivity index (χ0n) is 19.4. The smallest absolute Gasteiger partial charge is 0.330 e. The molecule has 2 atom stereocenters. The molecule has 0 spiro atoms. The number of fused-ring (bicyclic) bond motifs is 1. The maximum atomic E-state index is 13.6. The SMILES string of the molecule is CC[C@@H](C(=O)O)n1c(=O)n(C2CCN(C3Cc4cccc5cccc3c45)CC2)c2ccccc21. The number of piperidine rings is 1. The van der Waals surface area contributed by atoms with E-state index >= 15 is 0 Å². The van der Waals surface area contributed by atoms with Crippen LogP contribution in [-0.4, -0.2) is 38.2 Å². The van der Waals surface area contributed by atoms with E-state index in [9.17, 15) is 14.7 Å². The monoisotopic (exact) mass is 455 g/mol. The van der Waals surface area contributed by atoms with Crippen LogP contribution in [0.3, 0.4) is 0 Å². The van der Waals surface area contributed by atoms with Gasteiger partial charge in [-0.15, -0.1) is 0 Å². The summed E-state index contributed by atoms with van der Waals surface area (Å²) in [5.74, 6) is -0.961. The zero-order valence-corrected chi connectivity index (χ0v) is 19.4. The number of nitrogens with zero attached hydrogens (tertiary/aromatic N) is 3. The number of para-hydroxylation sites is 2. The number of carboxylic acids is 1. The molecule has 1 N–H and O–H groups in total. The third-order valence-electron chi connectivity index (χ3n) is 7.90. The van der Waals surface area contributed by atoms with Crippen LogP contribution < -0.4 is 5.69 Å².